The van der Waals surface area contributed by atoms with Crippen molar-refractivity contribution in [3.8, 4) is 5.82 Å². The molecule has 0 saturated heterocycles. The first-order valence-electron chi connectivity index (χ1n) is 7.60. The third-order valence-electron chi connectivity index (χ3n) is 3.87. The highest BCUT2D eigenvalue weighted by atomic mass is 15.1. The normalized spacial score (nSPS) is 14.2. The topological polar surface area (TPSA) is 42.7 Å². The summed E-state index contributed by atoms with van der Waals surface area (Å²) in [4.78, 5) is 9.16. The maximum absolute atomic E-state index is 4.59. The summed E-state index contributed by atoms with van der Waals surface area (Å²) in [6, 6.07) is 4.16. The molecule has 2 aromatic rings. The lowest BCUT2D eigenvalue weighted by atomic mass is 10.0. The molecule has 0 fully saturated rings. The second-order valence-electron chi connectivity index (χ2n) is 5.38. The van der Waals surface area contributed by atoms with Crippen LogP contribution >= 0.6 is 0 Å². The van der Waals surface area contributed by atoms with Gasteiger partial charge in [0, 0.05) is 24.0 Å². The Bertz CT molecular complexity index is 574. The Labute approximate surface area is 120 Å². The molecular formula is C16H22N4. The zero-order valence-corrected chi connectivity index (χ0v) is 12.1. The van der Waals surface area contributed by atoms with Gasteiger partial charge in [-0.15, -0.1) is 0 Å². The first-order valence-corrected chi connectivity index (χ1v) is 7.60. The molecule has 1 aliphatic rings. The van der Waals surface area contributed by atoms with Gasteiger partial charge in [0.05, 0.1) is 5.69 Å². The number of nitrogens with zero attached hydrogens (tertiary/aromatic N) is 3. The van der Waals surface area contributed by atoms with Crippen molar-refractivity contribution < 1.29 is 0 Å². The van der Waals surface area contributed by atoms with E-state index < -0.39 is 0 Å². The minimum atomic E-state index is 0.865. The number of aromatic nitrogens is 3. The van der Waals surface area contributed by atoms with Crippen LogP contribution in [-0.4, -0.2) is 21.1 Å². The molecule has 1 aliphatic carbocycles. The van der Waals surface area contributed by atoms with Gasteiger partial charge >= 0.3 is 0 Å². The van der Waals surface area contributed by atoms with Gasteiger partial charge in [0.1, 0.15) is 12.1 Å². The standard InChI is InChI=1S/C16H22N4/c1-2-9-17-11-13-6-5-10-18-16(13)20-12-19-14-7-3-4-8-15(14)20/h5-6,10,12,17H,2-4,7-9,11H2,1H3. The predicted molar refractivity (Wildman–Crippen MR) is 80.0 cm³/mol. The monoisotopic (exact) mass is 270 g/mol. The Morgan fingerprint density at radius 2 is 2.15 bits per heavy atom. The summed E-state index contributed by atoms with van der Waals surface area (Å²) in [5.74, 6) is 1.03. The van der Waals surface area contributed by atoms with Gasteiger partial charge in [-0.1, -0.05) is 13.0 Å². The first-order chi connectivity index (χ1) is 9.90. The largest absolute Gasteiger partial charge is 0.313 e. The average molecular weight is 270 g/mol. The van der Waals surface area contributed by atoms with E-state index in [1.807, 2.05) is 18.6 Å². The number of aryl methyl sites for hydroxylation is 1. The fourth-order valence-corrected chi connectivity index (χ4v) is 2.84. The molecule has 2 aromatic heterocycles. The molecule has 0 spiro atoms. The van der Waals surface area contributed by atoms with Crippen LogP contribution in [0, 0.1) is 0 Å². The van der Waals surface area contributed by atoms with Crippen LogP contribution < -0.4 is 5.32 Å². The van der Waals surface area contributed by atoms with Crippen LogP contribution in [0.3, 0.4) is 0 Å². The number of imidazole rings is 1. The number of fused-ring (bicyclic) bond motifs is 1. The van der Waals surface area contributed by atoms with E-state index in [0.717, 1.165) is 38.2 Å². The van der Waals surface area contributed by atoms with E-state index in [1.54, 1.807) is 0 Å². The number of pyridine rings is 1. The Morgan fingerprint density at radius 1 is 1.25 bits per heavy atom. The van der Waals surface area contributed by atoms with E-state index in [4.69, 9.17) is 0 Å². The average Bonchev–Trinajstić information content (AvgIpc) is 2.92. The highest BCUT2D eigenvalue weighted by Gasteiger charge is 2.17. The molecule has 2 heterocycles. The molecule has 0 radical (unpaired) electrons. The van der Waals surface area contributed by atoms with E-state index in [-0.39, 0.29) is 0 Å². The SMILES string of the molecule is CCCNCc1cccnc1-n1cnc2c1CCCC2. The fraction of sp³-hybridized carbons (Fsp3) is 0.500. The van der Waals surface area contributed by atoms with Crippen molar-refractivity contribution in [2.24, 2.45) is 0 Å². The molecule has 4 nitrogen and oxygen atoms in total. The van der Waals surface area contributed by atoms with Crippen molar-refractivity contribution in [1.29, 1.82) is 0 Å². The summed E-state index contributed by atoms with van der Waals surface area (Å²) in [6.07, 6.45) is 9.71. The maximum atomic E-state index is 4.59. The quantitative estimate of drug-likeness (QED) is 0.849. The molecule has 0 saturated carbocycles. The van der Waals surface area contributed by atoms with Gasteiger partial charge in [-0.05, 0) is 44.7 Å². The summed E-state index contributed by atoms with van der Waals surface area (Å²) >= 11 is 0. The van der Waals surface area contributed by atoms with Crippen molar-refractivity contribution in [3.05, 3.63) is 41.6 Å². The maximum Gasteiger partial charge on any atom is 0.142 e. The summed E-state index contributed by atoms with van der Waals surface area (Å²) in [7, 11) is 0. The molecule has 20 heavy (non-hydrogen) atoms. The zero-order chi connectivity index (χ0) is 13.8. The first kappa shape index (κ1) is 13.3. The minimum absolute atomic E-state index is 0.865. The van der Waals surface area contributed by atoms with Gasteiger partial charge in [-0.3, -0.25) is 4.57 Å². The lowest BCUT2D eigenvalue weighted by Gasteiger charge is -2.16. The molecular weight excluding hydrogens is 248 g/mol. The number of nitrogens with one attached hydrogen (secondary N) is 1. The Kier molecular flexibility index (Phi) is 4.11. The summed E-state index contributed by atoms with van der Waals surface area (Å²) in [5, 5.41) is 3.46. The molecule has 0 aliphatic heterocycles. The van der Waals surface area contributed by atoms with Gasteiger partial charge in [0.15, 0.2) is 0 Å². The third-order valence-corrected chi connectivity index (χ3v) is 3.87. The lowest BCUT2D eigenvalue weighted by Crippen LogP contribution is -2.17. The van der Waals surface area contributed by atoms with E-state index in [2.05, 4.69) is 32.8 Å². The third kappa shape index (κ3) is 2.61. The predicted octanol–water partition coefficient (Wildman–Crippen LogP) is 2.65. The van der Waals surface area contributed by atoms with Crippen LogP contribution in [0.15, 0.2) is 24.7 Å². The van der Waals surface area contributed by atoms with Gasteiger partial charge in [0.2, 0.25) is 0 Å². The molecule has 3 rings (SSSR count). The van der Waals surface area contributed by atoms with Gasteiger partial charge < -0.3 is 5.32 Å². The summed E-state index contributed by atoms with van der Waals surface area (Å²) in [5.41, 5.74) is 3.85. The molecule has 4 heteroatoms. The summed E-state index contributed by atoms with van der Waals surface area (Å²) in [6.45, 7) is 4.09. The molecule has 106 valence electrons. The van der Waals surface area contributed by atoms with Crippen LogP contribution in [0.5, 0.6) is 0 Å². The highest BCUT2D eigenvalue weighted by molar-refractivity contribution is 5.37. The van der Waals surface area contributed by atoms with Crippen LogP contribution in [0.2, 0.25) is 0 Å². The second kappa shape index (κ2) is 6.18. The Balaban J connectivity index is 1.91. The number of rotatable bonds is 5. The number of hydrogen-bond acceptors (Lipinski definition) is 3. The van der Waals surface area contributed by atoms with Crippen molar-refractivity contribution in [1.82, 2.24) is 19.9 Å². The van der Waals surface area contributed by atoms with Crippen LogP contribution in [0.25, 0.3) is 5.82 Å². The van der Waals surface area contributed by atoms with E-state index in [9.17, 15) is 0 Å². The Morgan fingerprint density at radius 3 is 3.05 bits per heavy atom. The highest BCUT2D eigenvalue weighted by Crippen LogP contribution is 2.23. The lowest BCUT2D eigenvalue weighted by molar-refractivity contribution is 0.647. The molecule has 1 N–H and O–H groups in total. The van der Waals surface area contributed by atoms with Gasteiger partial charge in [-0.25, -0.2) is 9.97 Å². The van der Waals surface area contributed by atoms with Gasteiger partial charge in [-0.2, -0.15) is 0 Å². The molecule has 0 atom stereocenters. The number of hydrogen-bond donors (Lipinski definition) is 1. The second-order valence-corrected chi connectivity index (χ2v) is 5.38. The zero-order valence-electron chi connectivity index (χ0n) is 12.1. The van der Waals surface area contributed by atoms with Crippen LogP contribution in [0.1, 0.15) is 43.1 Å². The van der Waals surface area contributed by atoms with Crippen LogP contribution in [0.4, 0.5) is 0 Å². The molecule has 0 unspecified atom stereocenters. The molecule has 0 aromatic carbocycles. The van der Waals surface area contributed by atoms with Crippen molar-refractivity contribution in [2.75, 3.05) is 6.54 Å². The smallest absolute Gasteiger partial charge is 0.142 e. The fourth-order valence-electron chi connectivity index (χ4n) is 2.84. The van der Waals surface area contributed by atoms with E-state index >= 15 is 0 Å². The minimum Gasteiger partial charge on any atom is -0.313 e. The molecule has 0 bridgehead atoms. The summed E-state index contributed by atoms with van der Waals surface area (Å²) < 4.78 is 2.19. The molecule has 0 amide bonds. The van der Waals surface area contributed by atoms with E-state index in [0.29, 0.717) is 0 Å². The van der Waals surface area contributed by atoms with Crippen molar-refractivity contribution in [2.45, 2.75) is 45.6 Å². The van der Waals surface area contributed by atoms with Crippen molar-refractivity contribution >= 4 is 0 Å². The van der Waals surface area contributed by atoms with E-state index in [1.165, 1.54) is 29.8 Å². The van der Waals surface area contributed by atoms with Gasteiger partial charge in [0.25, 0.3) is 0 Å². The Hall–Kier alpha value is -1.68. The van der Waals surface area contributed by atoms with Crippen molar-refractivity contribution in [3.63, 3.8) is 0 Å². The van der Waals surface area contributed by atoms with Crippen LogP contribution in [-0.2, 0) is 19.4 Å².